The lowest BCUT2D eigenvalue weighted by Crippen LogP contribution is -2.13. The number of rotatable bonds is 6. The molecule has 3 aromatic rings. The Labute approximate surface area is 158 Å². The Morgan fingerprint density at radius 3 is 2.44 bits per heavy atom. The Morgan fingerprint density at radius 1 is 1.04 bits per heavy atom. The molecule has 0 aliphatic heterocycles. The zero-order valence-corrected chi connectivity index (χ0v) is 15.3. The highest BCUT2D eigenvalue weighted by Gasteiger charge is 2.11. The molecule has 0 unspecified atom stereocenters. The van der Waals surface area contributed by atoms with Crippen LogP contribution < -0.4 is 32.2 Å². The summed E-state index contributed by atoms with van der Waals surface area (Å²) in [6.07, 6.45) is 0. The molecule has 0 atom stereocenters. The van der Waals surface area contributed by atoms with Crippen LogP contribution in [0.4, 0.5) is 17.3 Å². The topological polar surface area (TPSA) is 121 Å². The summed E-state index contributed by atoms with van der Waals surface area (Å²) >= 11 is 0. The molecule has 0 aliphatic carbocycles. The van der Waals surface area contributed by atoms with Crippen LogP contribution in [0.15, 0.2) is 48.5 Å². The number of nitrogens with one attached hydrogen (secondary N) is 1. The van der Waals surface area contributed by atoms with Crippen LogP contribution in [0.2, 0.25) is 0 Å². The molecule has 0 saturated heterocycles. The van der Waals surface area contributed by atoms with Gasteiger partial charge in [0.2, 0.25) is 0 Å². The van der Waals surface area contributed by atoms with Crippen LogP contribution >= 0.6 is 0 Å². The van der Waals surface area contributed by atoms with Crippen LogP contribution in [-0.2, 0) is 6.61 Å². The highest BCUT2D eigenvalue weighted by molar-refractivity contribution is 5.74. The second kappa shape index (κ2) is 7.84. The average molecular weight is 365 g/mol. The summed E-state index contributed by atoms with van der Waals surface area (Å²) in [6.45, 7) is 2.40. The third kappa shape index (κ3) is 3.88. The number of nitrogens with two attached hydrogens (primary N) is 3. The van der Waals surface area contributed by atoms with Gasteiger partial charge in [0.05, 0.1) is 7.11 Å². The molecule has 140 valence electrons. The van der Waals surface area contributed by atoms with Gasteiger partial charge in [0.25, 0.3) is 0 Å². The SMILES string of the molecule is COc1cccc(C)c1-c1ccc(COc2cc(N)nc(NN)c2N)cc1. The lowest BCUT2D eigenvalue weighted by molar-refractivity contribution is 0.308. The minimum Gasteiger partial charge on any atom is -0.496 e. The number of hydrogen-bond donors (Lipinski definition) is 4. The average Bonchev–Trinajstić information content (AvgIpc) is 2.68. The second-order valence-electron chi connectivity index (χ2n) is 6.09. The van der Waals surface area contributed by atoms with Crippen LogP contribution in [0, 0.1) is 6.92 Å². The van der Waals surface area contributed by atoms with E-state index in [4.69, 9.17) is 26.8 Å². The van der Waals surface area contributed by atoms with E-state index in [9.17, 15) is 0 Å². The van der Waals surface area contributed by atoms with E-state index >= 15 is 0 Å². The highest BCUT2D eigenvalue weighted by atomic mass is 16.5. The molecule has 0 spiro atoms. The smallest absolute Gasteiger partial charge is 0.169 e. The number of hydrogen-bond acceptors (Lipinski definition) is 7. The fourth-order valence-electron chi connectivity index (χ4n) is 2.89. The third-order valence-electron chi connectivity index (χ3n) is 4.27. The Kier molecular flexibility index (Phi) is 5.33. The minimum absolute atomic E-state index is 0.272. The molecule has 0 bridgehead atoms. The number of aromatic nitrogens is 1. The van der Waals surface area contributed by atoms with Crippen molar-refractivity contribution in [2.45, 2.75) is 13.5 Å². The maximum atomic E-state index is 5.98. The molecular weight excluding hydrogens is 342 g/mol. The van der Waals surface area contributed by atoms with Crippen LogP contribution in [0.3, 0.4) is 0 Å². The Hall–Kier alpha value is -3.45. The van der Waals surface area contributed by atoms with Gasteiger partial charge >= 0.3 is 0 Å². The molecule has 7 N–H and O–H groups in total. The quantitative estimate of drug-likeness (QED) is 0.391. The minimum atomic E-state index is 0.272. The van der Waals surface area contributed by atoms with Crippen molar-refractivity contribution in [2.24, 2.45) is 5.84 Å². The fourth-order valence-corrected chi connectivity index (χ4v) is 2.89. The molecule has 0 radical (unpaired) electrons. The van der Waals surface area contributed by atoms with E-state index in [1.807, 2.05) is 36.4 Å². The summed E-state index contributed by atoms with van der Waals surface area (Å²) in [6, 6.07) is 15.7. The molecule has 1 aromatic heterocycles. The van der Waals surface area contributed by atoms with Crippen molar-refractivity contribution in [2.75, 3.05) is 24.0 Å². The summed E-state index contributed by atoms with van der Waals surface area (Å²) in [7, 11) is 1.68. The number of anilines is 3. The third-order valence-corrected chi connectivity index (χ3v) is 4.27. The van der Waals surface area contributed by atoms with Gasteiger partial charge in [-0.05, 0) is 29.7 Å². The van der Waals surface area contributed by atoms with Crippen LogP contribution in [-0.4, -0.2) is 12.1 Å². The first-order chi connectivity index (χ1) is 13.0. The van der Waals surface area contributed by atoms with Crippen molar-refractivity contribution in [1.82, 2.24) is 4.98 Å². The predicted molar refractivity (Wildman–Crippen MR) is 108 cm³/mol. The molecule has 2 aromatic carbocycles. The summed E-state index contributed by atoms with van der Waals surface area (Å²) < 4.78 is 11.3. The first-order valence-corrected chi connectivity index (χ1v) is 8.41. The molecule has 0 aliphatic rings. The zero-order valence-electron chi connectivity index (χ0n) is 15.3. The van der Waals surface area contributed by atoms with Crippen molar-refractivity contribution >= 4 is 17.3 Å². The van der Waals surface area contributed by atoms with E-state index in [0.29, 0.717) is 18.0 Å². The van der Waals surface area contributed by atoms with Crippen LogP contribution in [0.5, 0.6) is 11.5 Å². The lowest BCUT2D eigenvalue weighted by Gasteiger charge is -2.14. The Bertz CT molecular complexity index is 942. The standard InChI is InChI=1S/C20H23N5O2/c1-12-4-3-5-15(26-2)18(12)14-8-6-13(7-9-14)11-27-16-10-17(21)24-20(25-23)19(16)22/h3-10H,11,22-23H2,1-2H3,(H3,21,24,25). The largest absolute Gasteiger partial charge is 0.496 e. The van der Waals surface area contributed by atoms with Gasteiger partial charge < -0.3 is 26.4 Å². The Morgan fingerprint density at radius 2 is 1.78 bits per heavy atom. The Balaban J connectivity index is 1.79. The van der Waals surface area contributed by atoms with Gasteiger partial charge in [-0.3, -0.25) is 0 Å². The van der Waals surface area contributed by atoms with Crippen molar-refractivity contribution in [3.63, 3.8) is 0 Å². The van der Waals surface area contributed by atoms with E-state index in [1.54, 1.807) is 13.2 Å². The number of nitrogens with zero attached hydrogens (tertiary/aromatic N) is 1. The summed E-state index contributed by atoms with van der Waals surface area (Å²) in [5, 5.41) is 0. The number of pyridine rings is 1. The van der Waals surface area contributed by atoms with E-state index in [-0.39, 0.29) is 11.6 Å². The van der Waals surface area contributed by atoms with E-state index in [2.05, 4.69) is 23.4 Å². The highest BCUT2D eigenvalue weighted by Crippen LogP contribution is 2.33. The van der Waals surface area contributed by atoms with E-state index < -0.39 is 0 Å². The monoisotopic (exact) mass is 365 g/mol. The molecule has 3 rings (SSSR count). The van der Waals surface area contributed by atoms with Gasteiger partial charge in [0.15, 0.2) is 5.82 Å². The number of benzene rings is 2. The molecule has 0 fully saturated rings. The summed E-state index contributed by atoms with van der Waals surface area (Å²) in [5.74, 6) is 7.22. The number of methoxy groups -OCH3 is 1. The first-order valence-electron chi connectivity index (χ1n) is 8.41. The number of ether oxygens (including phenoxy) is 2. The van der Waals surface area contributed by atoms with Crippen molar-refractivity contribution in [1.29, 1.82) is 0 Å². The van der Waals surface area contributed by atoms with E-state index in [1.165, 1.54) is 0 Å². The van der Waals surface area contributed by atoms with Crippen molar-refractivity contribution in [3.8, 4) is 22.6 Å². The van der Waals surface area contributed by atoms with E-state index in [0.717, 1.165) is 28.0 Å². The van der Waals surface area contributed by atoms with Gasteiger partial charge in [-0.1, -0.05) is 36.4 Å². The van der Waals surface area contributed by atoms with Gasteiger partial charge in [0, 0.05) is 11.6 Å². The first kappa shape index (κ1) is 18.3. The lowest BCUT2D eigenvalue weighted by atomic mass is 9.98. The zero-order chi connectivity index (χ0) is 19.4. The molecule has 1 heterocycles. The van der Waals surface area contributed by atoms with Gasteiger partial charge in [-0.15, -0.1) is 0 Å². The van der Waals surface area contributed by atoms with Crippen LogP contribution in [0.1, 0.15) is 11.1 Å². The predicted octanol–water partition coefficient (Wildman–Crippen LogP) is 3.09. The summed E-state index contributed by atoms with van der Waals surface area (Å²) in [5.41, 5.74) is 18.7. The summed E-state index contributed by atoms with van der Waals surface area (Å²) in [4.78, 5) is 4.00. The molecular formula is C20H23N5O2. The number of hydrazine groups is 1. The maximum Gasteiger partial charge on any atom is 0.169 e. The molecule has 7 nitrogen and oxygen atoms in total. The van der Waals surface area contributed by atoms with Gasteiger partial charge in [0.1, 0.15) is 29.6 Å². The molecule has 0 amide bonds. The van der Waals surface area contributed by atoms with Crippen molar-refractivity contribution in [3.05, 3.63) is 59.7 Å². The molecule has 7 heteroatoms. The fraction of sp³-hybridized carbons (Fsp3) is 0.150. The maximum absolute atomic E-state index is 5.98. The molecule has 0 saturated carbocycles. The van der Waals surface area contributed by atoms with Gasteiger partial charge in [-0.2, -0.15) is 0 Å². The normalized spacial score (nSPS) is 10.5. The second-order valence-corrected chi connectivity index (χ2v) is 6.09. The molecule has 27 heavy (non-hydrogen) atoms. The van der Waals surface area contributed by atoms with Gasteiger partial charge in [-0.25, -0.2) is 10.8 Å². The number of nitrogen functional groups attached to an aromatic ring is 3. The van der Waals surface area contributed by atoms with Crippen LogP contribution in [0.25, 0.3) is 11.1 Å². The number of aryl methyl sites for hydroxylation is 1. The van der Waals surface area contributed by atoms with Crippen molar-refractivity contribution < 1.29 is 9.47 Å².